The average molecular weight is 542 g/mol. The third-order valence-electron chi connectivity index (χ3n) is 8.72. The molecule has 1 saturated carbocycles. The Balaban J connectivity index is 1.54. The average Bonchev–Trinajstić information content (AvgIpc) is 3.36. The molecule has 2 aromatic heterocycles. The maximum atomic E-state index is 14.2. The van der Waals surface area contributed by atoms with Crippen molar-refractivity contribution in [2.45, 2.75) is 46.1 Å². The molecule has 7 heteroatoms. The minimum absolute atomic E-state index is 0.0161. The fourth-order valence-electron chi connectivity index (χ4n) is 6.95. The van der Waals surface area contributed by atoms with E-state index in [0.29, 0.717) is 27.5 Å². The number of likely N-dealkylation sites (tertiary alicyclic amines) is 1. The predicted molar refractivity (Wildman–Crippen MR) is 159 cm³/mol. The van der Waals surface area contributed by atoms with Crippen molar-refractivity contribution in [3.05, 3.63) is 59.5 Å². The lowest BCUT2D eigenvalue weighted by molar-refractivity contribution is 0.0480. The molecule has 3 heterocycles. The van der Waals surface area contributed by atoms with Gasteiger partial charge < -0.3 is 20.1 Å². The molecule has 6 nitrogen and oxygen atoms in total. The van der Waals surface area contributed by atoms with E-state index in [9.17, 15) is 4.79 Å². The number of nitrogens with zero attached hydrogens (tertiary/aromatic N) is 2. The third kappa shape index (κ3) is 4.24. The van der Waals surface area contributed by atoms with Gasteiger partial charge in [-0.15, -0.1) is 11.3 Å². The lowest BCUT2D eigenvalue weighted by Gasteiger charge is -2.40. The number of fused-ring (bicyclic) bond motifs is 3. The number of nitrogen functional groups attached to an aromatic ring is 1. The van der Waals surface area contributed by atoms with Crippen molar-refractivity contribution < 1.29 is 14.3 Å². The molecular weight excluding hydrogens is 506 g/mol. The van der Waals surface area contributed by atoms with Gasteiger partial charge in [0.2, 0.25) is 0 Å². The quantitative estimate of drug-likeness (QED) is 0.287. The number of piperidine rings is 1. The second-order valence-electron chi connectivity index (χ2n) is 12.0. The van der Waals surface area contributed by atoms with Gasteiger partial charge in [-0.3, -0.25) is 4.79 Å². The molecule has 2 unspecified atom stereocenters. The summed E-state index contributed by atoms with van der Waals surface area (Å²) in [5, 5.41) is 0.780. The topological polar surface area (TPSA) is 77.7 Å². The maximum Gasteiger partial charge on any atom is 0.266 e. The van der Waals surface area contributed by atoms with Gasteiger partial charge in [-0.05, 0) is 54.4 Å². The largest absolute Gasteiger partial charge is 0.497 e. The van der Waals surface area contributed by atoms with E-state index in [-0.39, 0.29) is 17.4 Å². The van der Waals surface area contributed by atoms with Crippen molar-refractivity contribution in [2.24, 2.45) is 10.8 Å². The Morgan fingerprint density at radius 3 is 2.54 bits per heavy atom. The van der Waals surface area contributed by atoms with Crippen molar-refractivity contribution in [2.75, 3.05) is 26.5 Å². The molecule has 2 bridgehead atoms. The molecule has 39 heavy (non-hydrogen) atoms. The molecule has 6 rings (SSSR count). The third-order valence-corrected chi connectivity index (χ3v) is 9.81. The van der Waals surface area contributed by atoms with Crippen LogP contribution in [0.4, 0.5) is 5.69 Å². The normalized spacial score (nSPS) is 21.8. The number of carbonyl (C=O) groups is 1. The number of nitrogens with two attached hydrogens (primary N) is 1. The van der Waals surface area contributed by atoms with Crippen LogP contribution in [0.2, 0.25) is 0 Å². The maximum absolute atomic E-state index is 14.2. The number of hydrogen-bond acceptors (Lipinski definition) is 6. The zero-order valence-corrected chi connectivity index (χ0v) is 24.0. The molecule has 1 amide bonds. The summed E-state index contributed by atoms with van der Waals surface area (Å²) in [5.41, 5.74) is 11.3. The highest BCUT2D eigenvalue weighted by Crippen LogP contribution is 2.56. The van der Waals surface area contributed by atoms with Crippen LogP contribution >= 0.6 is 11.3 Å². The van der Waals surface area contributed by atoms with Gasteiger partial charge in [0.15, 0.2) is 0 Å². The van der Waals surface area contributed by atoms with E-state index in [2.05, 4.69) is 25.7 Å². The molecular formula is C32H35N3O3S. The van der Waals surface area contributed by atoms with E-state index >= 15 is 0 Å². The molecule has 2 atom stereocenters. The van der Waals surface area contributed by atoms with E-state index in [0.717, 1.165) is 58.4 Å². The highest BCUT2D eigenvalue weighted by molar-refractivity contribution is 7.21. The van der Waals surface area contributed by atoms with E-state index in [1.807, 2.05) is 54.6 Å². The highest BCUT2D eigenvalue weighted by atomic mass is 32.1. The first kappa shape index (κ1) is 25.7. The number of carbonyl (C=O) groups excluding carboxylic acids is 1. The summed E-state index contributed by atoms with van der Waals surface area (Å²) < 4.78 is 11.3. The molecule has 202 valence electrons. The van der Waals surface area contributed by atoms with Gasteiger partial charge >= 0.3 is 0 Å². The molecule has 2 aliphatic rings. The van der Waals surface area contributed by atoms with Gasteiger partial charge in [0.25, 0.3) is 5.91 Å². The van der Waals surface area contributed by atoms with Crippen LogP contribution in [0.15, 0.2) is 54.6 Å². The second-order valence-corrected chi connectivity index (χ2v) is 13.0. The van der Waals surface area contributed by atoms with Crippen LogP contribution in [0.5, 0.6) is 11.5 Å². The number of ether oxygens (including phenoxy) is 2. The number of pyridine rings is 1. The smallest absolute Gasteiger partial charge is 0.266 e. The van der Waals surface area contributed by atoms with Gasteiger partial charge in [-0.25, -0.2) is 4.98 Å². The summed E-state index contributed by atoms with van der Waals surface area (Å²) in [6, 6.07) is 18.0. The SMILES string of the molecule is COc1ccc(OC)c(-c2cc(-c3ccccc3)nc3sc(C(=O)N4CCC5(C)CC4C(C)(C)C5)c(N)c23)c1. The Morgan fingerprint density at radius 2 is 1.82 bits per heavy atom. The number of methoxy groups -OCH3 is 2. The number of hydrogen-bond donors (Lipinski definition) is 1. The first-order valence-corrected chi connectivity index (χ1v) is 14.3. The van der Waals surface area contributed by atoms with E-state index < -0.39 is 0 Å². The summed E-state index contributed by atoms with van der Waals surface area (Å²) >= 11 is 1.39. The molecule has 2 N–H and O–H groups in total. The van der Waals surface area contributed by atoms with Crippen molar-refractivity contribution >= 4 is 33.1 Å². The zero-order chi connectivity index (χ0) is 27.5. The number of benzene rings is 2. The van der Waals surface area contributed by atoms with Gasteiger partial charge in [-0.2, -0.15) is 0 Å². The van der Waals surface area contributed by atoms with Crippen LogP contribution in [0, 0.1) is 10.8 Å². The summed E-state index contributed by atoms with van der Waals surface area (Å²) in [4.78, 5) is 22.6. The molecule has 4 aromatic rings. The van der Waals surface area contributed by atoms with E-state index in [1.165, 1.54) is 11.3 Å². The molecule has 1 aliphatic heterocycles. The highest BCUT2D eigenvalue weighted by Gasteiger charge is 2.53. The van der Waals surface area contributed by atoms with Crippen molar-refractivity contribution in [3.8, 4) is 33.9 Å². The monoisotopic (exact) mass is 541 g/mol. The van der Waals surface area contributed by atoms with Crippen molar-refractivity contribution in [1.82, 2.24) is 9.88 Å². The van der Waals surface area contributed by atoms with Crippen LogP contribution in [0.25, 0.3) is 32.6 Å². The Hall–Kier alpha value is -3.58. The van der Waals surface area contributed by atoms with Gasteiger partial charge in [0.1, 0.15) is 21.2 Å². The van der Waals surface area contributed by atoms with Crippen LogP contribution in [0.3, 0.4) is 0 Å². The van der Waals surface area contributed by atoms with Gasteiger partial charge in [0, 0.05) is 34.7 Å². The second kappa shape index (κ2) is 9.26. The number of thiophene rings is 1. The van der Waals surface area contributed by atoms with Gasteiger partial charge in [-0.1, -0.05) is 51.1 Å². The molecule has 2 aromatic carbocycles. The summed E-state index contributed by atoms with van der Waals surface area (Å²) in [6.45, 7) is 7.72. The van der Waals surface area contributed by atoms with Crippen molar-refractivity contribution in [1.29, 1.82) is 0 Å². The number of amides is 1. The van der Waals surface area contributed by atoms with E-state index in [1.54, 1.807) is 14.2 Å². The fraction of sp³-hybridized carbons (Fsp3) is 0.375. The Labute approximate surface area is 233 Å². The summed E-state index contributed by atoms with van der Waals surface area (Å²) in [7, 11) is 3.30. The number of aromatic nitrogens is 1. The zero-order valence-electron chi connectivity index (χ0n) is 23.2. The Kier molecular flexibility index (Phi) is 6.10. The molecule has 1 aliphatic carbocycles. The number of anilines is 1. The summed E-state index contributed by atoms with van der Waals surface area (Å²) in [5.74, 6) is 1.42. The standard InChI is InChI=1S/C32H35N3O3S/c1-31(2)18-32(3)13-14-35(25(31)17-32)30(36)28-27(33)26-22(21-15-20(37-4)11-12-24(21)38-5)16-23(34-29(26)39-28)19-9-7-6-8-10-19/h6-12,15-16,25H,13-14,17-18,33H2,1-5H3. The Morgan fingerprint density at radius 1 is 1.05 bits per heavy atom. The predicted octanol–water partition coefficient (Wildman–Crippen LogP) is 7.27. The fourth-order valence-corrected chi connectivity index (χ4v) is 8.02. The lowest BCUT2D eigenvalue weighted by Crippen LogP contribution is -2.48. The molecule has 1 saturated heterocycles. The minimum Gasteiger partial charge on any atom is -0.497 e. The molecule has 2 fully saturated rings. The van der Waals surface area contributed by atoms with E-state index in [4.69, 9.17) is 20.2 Å². The van der Waals surface area contributed by atoms with Crippen molar-refractivity contribution in [3.63, 3.8) is 0 Å². The van der Waals surface area contributed by atoms with Crippen LogP contribution < -0.4 is 15.2 Å². The van der Waals surface area contributed by atoms with Gasteiger partial charge in [0.05, 0.1) is 25.6 Å². The minimum atomic E-state index is 0.0161. The lowest BCUT2D eigenvalue weighted by atomic mass is 9.81. The Bertz CT molecular complexity index is 1580. The summed E-state index contributed by atoms with van der Waals surface area (Å²) in [6.07, 6.45) is 3.20. The van der Waals surface area contributed by atoms with Crippen LogP contribution in [-0.4, -0.2) is 42.6 Å². The molecule has 0 radical (unpaired) electrons. The van der Waals surface area contributed by atoms with Crippen LogP contribution in [0.1, 0.15) is 49.7 Å². The molecule has 0 spiro atoms. The first-order valence-electron chi connectivity index (χ1n) is 13.5. The first-order chi connectivity index (χ1) is 18.6. The number of rotatable bonds is 5. The van der Waals surface area contributed by atoms with Crippen LogP contribution in [-0.2, 0) is 0 Å².